The van der Waals surface area contributed by atoms with Crippen LogP contribution in [0.5, 0.6) is 0 Å². The van der Waals surface area contributed by atoms with Crippen molar-refractivity contribution in [2.75, 3.05) is 6.54 Å². The highest BCUT2D eigenvalue weighted by atomic mass is 32.1. The minimum Gasteiger partial charge on any atom is -0.314 e. The first-order chi connectivity index (χ1) is 9.72. The number of hydrogen-bond donors (Lipinski definition) is 1. The third-order valence-corrected chi connectivity index (χ3v) is 5.54. The van der Waals surface area contributed by atoms with Crippen LogP contribution in [0.3, 0.4) is 0 Å². The Morgan fingerprint density at radius 1 is 1.30 bits per heavy atom. The second-order valence-corrected chi connectivity index (χ2v) is 7.36. The molecule has 0 bridgehead atoms. The molecule has 1 fully saturated rings. The van der Waals surface area contributed by atoms with Crippen molar-refractivity contribution in [2.45, 2.75) is 71.8 Å². The van der Waals surface area contributed by atoms with E-state index in [0.29, 0.717) is 6.04 Å². The summed E-state index contributed by atoms with van der Waals surface area (Å²) in [5, 5.41) is 7.16. The van der Waals surface area contributed by atoms with Gasteiger partial charge in [0.1, 0.15) is 0 Å². The number of nitrogens with one attached hydrogen (secondary N) is 1. The first kappa shape index (κ1) is 16.0. The van der Waals surface area contributed by atoms with Gasteiger partial charge in [0.15, 0.2) is 0 Å². The lowest BCUT2D eigenvalue weighted by molar-refractivity contribution is 0.213. The van der Waals surface area contributed by atoms with Crippen LogP contribution in [0.2, 0.25) is 0 Å². The van der Waals surface area contributed by atoms with E-state index in [1.165, 1.54) is 49.2 Å². The molecule has 3 heteroatoms. The van der Waals surface area contributed by atoms with Crippen molar-refractivity contribution in [2.24, 2.45) is 11.8 Å². The maximum Gasteiger partial charge on any atom is 0.0897 e. The molecule has 1 atom stereocenters. The fourth-order valence-electron chi connectivity index (χ4n) is 3.68. The van der Waals surface area contributed by atoms with Crippen molar-refractivity contribution in [3.63, 3.8) is 0 Å². The van der Waals surface area contributed by atoms with Crippen LogP contribution >= 0.6 is 11.3 Å². The molecule has 1 aromatic rings. The van der Waals surface area contributed by atoms with Gasteiger partial charge >= 0.3 is 0 Å². The second-order valence-electron chi connectivity index (χ2n) is 6.30. The number of aryl methyl sites for hydroxylation is 1. The van der Waals surface area contributed by atoms with Gasteiger partial charge in [0.25, 0.3) is 0 Å². The summed E-state index contributed by atoms with van der Waals surface area (Å²) in [6.07, 6.45) is 9.60. The van der Waals surface area contributed by atoms with Crippen molar-refractivity contribution < 1.29 is 0 Å². The van der Waals surface area contributed by atoms with Crippen LogP contribution in [0.4, 0.5) is 0 Å². The largest absolute Gasteiger partial charge is 0.314 e. The molecule has 1 heterocycles. The Hall–Kier alpha value is -0.410. The Balaban J connectivity index is 1.88. The molecule has 1 aliphatic rings. The monoisotopic (exact) mass is 294 g/mol. The van der Waals surface area contributed by atoms with E-state index in [9.17, 15) is 0 Å². The second kappa shape index (κ2) is 8.14. The van der Waals surface area contributed by atoms with Crippen LogP contribution in [0.25, 0.3) is 0 Å². The lowest BCUT2D eigenvalue weighted by Gasteiger charge is -2.34. The lowest BCUT2D eigenvalue weighted by Crippen LogP contribution is -2.39. The number of likely N-dealkylation sites (N-methyl/N-ethyl adjacent to an activating group) is 1. The average molecular weight is 295 g/mol. The first-order valence-corrected chi connectivity index (χ1v) is 9.25. The van der Waals surface area contributed by atoms with Crippen LogP contribution in [-0.4, -0.2) is 17.6 Å². The molecule has 0 amide bonds. The van der Waals surface area contributed by atoms with Crippen LogP contribution in [0.15, 0.2) is 5.38 Å². The van der Waals surface area contributed by atoms with Gasteiger partial charge in [-0.2, -0.15) is 0 Å². The van der Waals surface area contributed by atoms with Gasteiger partial charge in [-0.15, -0.1) is 11.3 Å². The van der Waals surface area contributed by atoms with Crippen LogP contribution in [-0.2, 0) is 6.42 Å². The molecule has 2 rings (SSSR count). The van der Waals surface area contributed by atoms with Crippen LogP contribution in [0, 0.1) is 18.8 Å². The summed E-state index contributed by atoms with van der Waals surface area (Å²) in [6.45, 7) is 7.72. The Kier molecular flexibility index (Phi) is 6.50. The summed E-state index contributed by atoms with van der Waals surface area (Å²) in [5.74, 6) is 1.85. The number of hydrogen-bond acceptors (Lipinski definition) is 3. The Labute approximate surface area is 128 Å². The zero-order valence-corrected chi connectivity index (χ0v) is 14.1. The summed E-state index contributed by atoms with van der Waals surface area (Å²) < 4.78 is 0. The van der Waals surface area contributed by atoms with Gasteiger partial charge in [-0.05, 0) is 38.1 Å². The lowest BCUT2D eigenvalue weighted by atomic mass is 9.76. The van der Waals surface area contributed by atoms with E-state index >= 15 is 0 Å². The highest BCUT2D eigenvalue weighted by Gasteiger charge is 2.27. The first-order valence-electron chi connectivity index (χ1n) is 8.37. The molecular weight excluding hydrogens is 264 g/mol. The summed E-state index contributed by atoms with van der Waals surface area (Å²) in [4.78, 5) is 4.65. The highest BCUT2D eigenvalue weighted by molar-refractivity contribution is 7.09. The predicted octanol–water partition coefficient (Wildman–Crippen LogP) is 4.58. The quantitative estimate of drug-likeness (QED) is 0.796. The van der Waals surface area contributed by atoms with Crippen molar-refractivity contribution in [3.8, 4) is 0 Å². The summed E-state index contributed by atoms with van der Waals surface area (Å²) in [7, 11) is 0. The normalized spacial score (nSPS) is 24.8. The minimum absolute atomic E-state index is 0.629. The van der Waals surface area contributed by atoms with E-state index in [2.05, 4.69) is 36.5 Å². The van der Waals surface area contributed by atoms with E-state index in [1.807, 2.05) is 0 Å². The van der Waals surface area contributed by atoms with Crippen molar-refractivity contribution in [3.05, 3.63) is 16.1 Å². The van der Waals surface area contributed by atoms with Crippen LogP contribution in [0.1, 0.15) is 63.1 Å². The third-order valence-electron chi connectivity index (χ3n) is 4.72. The smallest absolute Gasteiger partial charge is 0.0897 e. The third kappa shape index (κ3) is 4.56. The maximum absolute atomic E-state index is 4.65. The standard InChI is InChI=1S/C17H30N2S/c1-4-6-14-7-9-15(10-8-14)17(18-5-2)11-16-12-20-13(3)19-16/h12,14-15,17-18H,4-11H2,1-3H3. The minimum atomic E-state index is 0.629. The molecular formula is C17H30N2S. The fraction of sp³-hybridized carbons (Fsp3) is 0.824. The Morgan fingerprint density at radius 2 is 2.05 bits per heavy atom. The van der Waals surface area contributed by atoms with Crippen molar-refractivity contribution >= 4 is 11.3 Å². The molecule has 1 N–H and O–H groups in total. The molecule has 0 aromatic carbocycles. The molecule has 114 valence electrons. The maximum atomic E-state index is 4.65. The molecule has 20 heavy (non-hydrogen) atoms. The van der Waals surface area contributed by atoms with Gasteiger partial charge in [-0.3, -0.25) is 0 Å². The SMILES string of the molecule is CCCC1CCC(C(Cc2csc(C)n2)NCC)CC1. The Morgan fingerprint density at radius 3 is 2.60 bits per heavy atom. The number of nitrogens with zero attached hydrogens (tertiary/aromatic N) is 1. The molecule has 1 unspecified atom stereocenters. The summed E-state index contributed by atoms with van der Waals surface area (Å²) in [5.41, 5.74) is 1.29. The molecule has 0 spiro atoms. The molecule has 1 aromatic heterocycles. The van der Waals surface area contributed by atoms with E-state index in [4.69, 9.17) is 0 Å². The fourth-order valence-corrected chi connectivity index (χ4v) is 4.31. The van der Waals surface area contributed by atoms with Gasteiger partial charge in [0.05, 0.1) is 10.7 Å². The number of aromatic nitrogens is 1. The zero-order chi connectivity index (χ0) is 14.4. The molecule has 0 radical (unpaired) electrons. The van der Waals surface area contributed by atoms with Gasteiger partial charge in [0.2, 0.25) is 0 Å². The van der Waals surface area contributed by atoms with Crippen molar-refractivity contribution in [1.82, 2.24) is 10.3 Å². The Bertz CT molecular complexity index is 380. The van der Waals surface area contributed by atoms with E-state index in [-0.39, 0.29) is 0 Å². The summed E-state index contributed by atoms with van der Waals surface area (Å²) >= 11 is 1.78. The van der Waals surface area contributed by atoms with Gasteiger partial charge in [-0.1, -0.05) is 39.5 Å². The average Bonchev–Trinajstić information content (AvgIpc) is 2.85. The summed E-state index contributed by atoms with van der Waals surface area (Å²) in [6, 6.07) is 0.629. The van der Waals surface area contributed by atoms with E-state index < -0.39 is 0 Å². The van der Waals surface area contributed by atoms with Crippen molar-refractivity contribution in [1.29, 1.82) is 0 Å². The van der Waals surface area contributed by atoms with Gasteiger partial charge in [0, 0.05) is 17.8 Å². The number of thiazole rings is 1. The molecule has 2 nitrogen and oxygen atoms in total. The van der Waals surface area contributed by atoms with Gasteiger partial charge in [-0.25, -0.2) is 4.98 Å². The van der Waals surface area contributed by atoms with E-state index in [1.54, 1.807) is 11.3 Å². The molecule has 0 aliphatic heterocycles. The molecule has 1 aliphatic carbocycles. The predicted molar refractivity (Wildman–Crippen MR) is 88.4 cm³/mol. The van der Waals surface area contributed by atoms with E-state index in [0.717, 1.165) is 24.8 Å². The van der Waals surface area contributed by atoms with Gasteiger partial charge < -0.3 is 5.32 Å². The van der Waals surface area contributed by atoms with Crippen LogP contribution < -0.4 is 5.32 Å². The highest BCUT2D eigenvalue weighted by Crippen LogP contribution is 2.34. The zero-order valence-electron chi connectivity index (χ0n) is 13.3. The number of rotatable bonds is 7. The molecule has 0 saturated heterocycles. The topological polar surface area (TPSA) is 24.9 Å². The molecule has 1 saturated carbocycles.